The first-order valence-electron chi connectivity index (χ1n) is 41.9. The van der Waals surface area contributed by atoms with Crippen LogP contribution in [0.15, 0.2) is 206 Å². The molecule has 0 atom stereocenters. The van der Waals surface area contributed by atoms with E-state index in [4.69, 9.17) is 19.6 Å². The zero-order valence-corrected chi connectivity index (χ0v) is 83.5. The van der Waals surface area contributed by atoms with Crippen LogP contribution in [0.3, 0.4) is 0 Å². The van der Waals surface area contributed by atoms with E-state index >= 15 is 0 Å². The number of fused-ring (bicyclic) bond motifs is 9. The van der Waals surface area contributed by atoms with Crippen molar-refractivity contribution in [2.45, 2.75) is 241 Å². The van der Waals surface area contributed by atoms with E-state index in [1.54, 1.807) is 13.2 Å². The molecule has 0 bridgehead atoms. The third-order valence-corrected chi connectivity index (χ3v) is 22.0. The summed E-state index contributed by atoms with van der Waals surface area (Å²) in [6, 6.07) is 64.0. The summed E-state index contributed by atoms with van der Waals surface area (Å²) in [7, 11) is 1.66. The molecule has 0 aliphatic carbocycles. The number of benzene rings is 9. The maximum atomic E-state index is 9.80. The van der Waals surface area contributed by atoms with Crippen molar-refractivity contribution < 1.29 is 94.8 Å². The second kappa shape index (κ2) is 45.5. The minimum Gasteiger partial charge on any atom is -0.540 e. The minimum atomic E-state index is -0.306. The Balaban J connectivity index is 0.000000314. The molecule has 0 fully saturated rings. The van der Waals surface area contributed by atoms with E-state index in [2.05, 4.69) is 246 Å². The molecule has 13 heteroatoms. The molecule has 0 aliphatic rings. The average molecular weight is 2150 g/mol. The Bertz CT molecular complexity index is 5560. The summed E-state index contributed by atoms with van der Waals surface area (Å²) in [5, 5.41) is 43.3. The van der Waals surface area contributed by atoms with Gasteiger partial charge in [-0.05, 0) is 217 Å². The summed E-state index contributed by atoms with van der Waals surface area (Å²) in [5.74, 6) is 3.19. The largest absolute Gasteiger partial charge is 0.540 e. The van der Waals surface area contributed by atoms with Gasteiger partial charge in [-0.2, -0.15) is 0 Å². The number of methoxy groups -OCH3 is 1. The maximum absolute atomic E-state index is 9.80. The molecule has 3 heterocycles. The third kappa shape index (κ3) is 27.2. The summed E-state index contributed by atoms with van der Waals surface area (Å²) in [4.78, 5) is 42.3. The monoisotopic (exact) mass is 2150 g/mol. The third-order valence-electron chi connectivity index (χ3n) is 22.0. The zero-order valence-electron chi connectivity index (χ0n) is 76.3. The molecule has 0 aliphatic heterocycles. The van der Waals surface area contributed by atoms with Crippen molar-refractivity contribution in [3.8, 4) is 39.5 Å². The van der Waals surface area contributed by atoms with Gasteiger partial charge in [-0.15, -0.1) is 101 Å². The van der Waals surface area contributed by atoms with Crippen LogP contribution in [0.5, 0.6) is 5.75 Å². The van der Waals surface area contributed by atoms with E-state index in [1.807, 2.05) is 132 Å². The van der Waals surface area contributed by atoms with Gasteiger partial charge in [0.2, 0.25) is 0 Å². The van der Waals surface area contributed by atoms with Gasteiger partial charge in [0.05, 0.1) is 43.1 Å². The van der Waals surface area contributed by atoms with E-state index in [-0.39, 0.29) is 122 Å². The van der Waals surface area contributed by atoms with Crippen LogP contribution in [-0.4, -0.2) is 69.1 Å². The van der Waals surface area contributed by atoms with Crippen LogP contribution in [0.25, 0.3) is 98.4 Å². The summed E-state index contributed by atoms with van der Waals surface area (Å²) in [6.45, 7) is 54.8. The number of nitrogens with zero attached hydrogens (tertiary/aromatic N) is 3. The standard InChI is InChI=1S/C31H36N.C23H20NO.C22H18N.C13H24O2.C11H20O2.C7H12O2.3Ir/c1-29(2,3)21-12-10-11-20(17-21)28-25-14-13-24-26(23(25)15-16-32-28)18-22(30(4,5)6)19-27(24)31(7,8)9;1-14-13-22-19(16(3)15(14)2)9-10-21-20(22)11-12-24-23(21)17-5-7-18(25-4)8-6-17;1-15(2)17-7-5-8-18(14-17)22-21-11-10-16-6-3-4-9-19(16)20(21)12-13-23-22;1-5-10(6-2)12(14)9-13(15)11(7-3)8-4;1-10(2,3)8(12)7-9(13)11(4,5)6;1-3-6(8)5-7(9)4-2;;;/h10,12-19H,1-9H3;5,7-13H,1-4H3;3-7,9-15H,1-2H3;9-11,14H,5-8H2,1-4H3;7,12H,1-6H3;5,8H,3-4H2,1-2H3;;;/q3*-1;;;;;;/p+3. The number of allylic oxidation sites excluding steroid dienone is 6. The smallest absolute Gasteiger partial charge is 0.325 e. The van der Waals surface area contributed by atoms with Gasteiger partial charge < -0.3 is 35.0 Å². The molecule has 12 rings (SSSR count). The quantitative estimate of drug-likeness (QED) is 0.0284. The number of aliphatic hydroxyl groups excluding tert-OH is 3. The van der Waals surface area contributed by atoms with E-state index < -0.39 is 0 Å². The normalized spacial score (nSPS) is 12.0. The SMILES string of the molecule is CC(C)(C)C(=[OH+])C=C(O)C(C)(C)C.CC(C)(C)c1cc[c-]c(-c2nccc3c2ccc2c(C(C)(C)C)cc(C(C)(C)C)cc23)c1.CC(C)c1cc[c-]c(-c2nccc3c2ccc2ccccc23)c1.CCC(=[OH+])C=C(O)CC.CCC(CC)C(=[OH+])C=C(O)C(CC)CC.COc1c[c-]c(-c2nccc3c2ccc2c(C)c(C)c(C)cc23)cc1.[Ir].[Ir].[Ir]. The Morgan fingerprint density at radius 1 is 0.442 bits per heavy atom. The topological polar surface area (TPSA) is 173 Å². The first kappa shape index (κ1) is 104. The number of pyridine rings is 3. The average Bonchev–Trinajstić information content (AvgIpc) is 0.792. The van der Waals surface area contributed by atoms with Crippen LogP contribution < -0.4 is 4.74 Å². The number of hydrogen-bond acceptors (Lipinski definition) is 7. The number of carbonyl (C=O) groups excluding carboxylic acids is 3. The molecular weight excluding hydrogens is 2020 g/mol. The Morgan fingerprint density at radius 3 is 1.41 bits per heavy atom. The van der Waals surface area contributed by atoms with Gasteiger partial charge in [-0.25, -0.2) is 0 Å². The molecule has 3 aromatic heterocycles. The number of aryl methyl sites for hydroxylation is 2. The van der Waals surface area contributed by atoms with E-state index in [9.17, 15) is 19.8 Å². The van der Waals surface area contributed by atoms with Gasteiger partial charge in [-0.3, -0.25) is 14.4 Å². The molecule has 6 N–H and O–H groups in total. The van der Waals surface area contributed by atoms with E-state index in [0.29, 0.717) is 30.3 Å². The van der Waals surface area contributed by atoms with Crippen LogP contribution in [0, 0.1) is 61.6 Å². The second-order valence-corrected chi connectivity index (χ2v) is 36.2. The van der Waals surface area contributed by atoms with Gasteiger partial charge in [-0.1, -0.05) is 217 Å². The van der Waals surface area contributed by atoms with E-state index in [0.717, 1.165) is 70.6 Å². The molecule has 645 valence electrons. The van der Waals surface area contributed by atoms with Crippen LogP contribution in [0.1, 0.15) is 243 Å². The van der Waals surface area contributed by atoms with Crippen molar-refractivity contribution in [2.24, 2.45) is 22.7 Å². The number of aliphatic hydroxyl groups is 3. The molecule has 3 radical (unpaired) electrons. The second-order valence-electron chi connectivity index (χ2n) is 36.2. The number of aromatic nitrogens is 3. The number of ether oxygens (including phenoxy) is 1. The number of hydrogen-bond donors (Lipinski definition) is 3. The zero-order chi connectivity index (χ0) is 86.8. The Labute approximate surface area is 758 Å². The van der Waals surface area contributed by atoms with Gasteiger partial charge >= 0.3 is 17.3 Å². The Hall–Kier alpha value is -8.63. The first-order valence-corrected chi connectivity index (χ1v) is 41.9. The molecule has 12 aromatic rings. The van der Waals surface area contributed by atoms with Gasteiger partial charge in [0.15, 0.2) is 0 Å². The predicted octanol–water partition coefficient (Wildman–Crippen LogP) is 29.2. The van der Waals surface area contributed by atoms with Crippen LogP contribution in [0.4, 0.5) is 0 Å². The van der Waals surface area contributed by atoms with Gasteiger partial charge in [0.1, 0.15) is 17.3 Å². The van der Waals surface area contributed by atoms with Crippen molar-refractivity contribution in [3.63, 3.8) is 0 Å². The van der Waals surface area contributed by atoms with Crippen molar-refractivity contribution in [2.75, 3.05) is 7.11 Å². The predicted molar refractivity (Wildman–Crippen MR) is 502 cm³/mol. The summed E-state index contributed by atoms with van der Waals surface area (Å²) >= 11 is 0. The molecular formula is C107H133Ir3N3O7. The fourth-order valence-electron chi connectivity index (χ4n) is 13.8. The minimum absolute atomic E-state index is 0. The van der Waals surface area contributed by atoms with Crippen molar-refractivity contribution >= 4 is 82.0 Å². The fraction of sp³-hybridized carbons (Fsp3) is 0.383. The first-order chi connectivity index (χ1) is 54.9. The fourth-order valence-corrected chi connectivity index (χ4v) is 13.8. The van der Waals surface area contributed by atoms with E-state index in [1.165, 1.54) is 110 Å². The van der Waals surface area contributed by atoms with Gasteiger partial charge in [0.25, 0.3) is 0 Å². The van der Waals surface area contributed by atoms with Crippen molar-refractivity contribution in [1.82, 2.24) is 15.0 Å². The Morgan fingerprint density at radius 2 is 0.933 bits per heavy atom. The van der Waals surface area contributed by atoms with Crippen LogP contribution in [-0.2, 0) is 76.6 Å². The molecule has 0 saturated carbocycles. The molecule has 0 unspecified atom stereocenters. The van der Waals surface area contributed by atoms with Crippen LogP contribution in [0.2, 0.25) is 0 Å². The maximum Gasteiger partial charge on any atom is 0.325 e. The van der Waals surface area contributed by atoms with Crippen molar-refractivity contribution in [1.29, 1.82) is 0 Å². The molecule has 120 heavy (non-hydrogen) atoms. The Kier molecular flexibility index (Phi) is 39.3. The number of ketones is 3. The van der Waals surface area contributed by atoms with Gasteiger partial charge in [0, 0.05) is 102 Å². The number of rotatable bonds is 16. The molecule has 10 nitrogen and oxygen atoms in total. The molecule has 0 amide bonds. The summed E-state index contributed by atoms with van der Waals surface area (Å²) in [6.07, 6.45) is 14.9. The summed E-state index contributed by atoms with van der Waals surface area (Å²) in [5.41, 5.74) is 15.2. The molecule has 9 aromatic carbocycles. The van der Waals surface area contributed by atoms with Crippen molar-refractivity contribution in [3.05, 3.63) is 263 Å². The molecule has 0 saturated heterocycles. The summed E-state index contributed by atoms with van der Waals surface area (Å²) < 4.78 is 5.24. The van der Waals surface area contributed by atoms with Crippen LogP contribution >= 0.6 is 0 Å². The molecule has 0 spiro atoms.